The van der Waals surface area contributed by atoms with Crippen LogP contribution in [0.3, 0.4) is 0 Å². The number of carbonyl (C=O) groups excluding carboxylic acids is 2. The zero-order chi connectivity index (χ0) is 25.2. The van der Waals surface area contributed by atoms with Crippen molar-refractivity contribution in [1.29, 1.82) is 0 Å². The lowest BCUT2D eigenvalue weighted by atomic mass is 9.93. The Balaban J connectivity index is 1.73. The van der Waals surface area contributed by atoms with Crippen LogP contribution in [-0.4, -0.2) is 24.5 Å². The zero-order valence-electron chi connectivity index (χ0n) is 21.2. The molecule has 0 aliphatic rings. The minimum absolute atomic E-state index is 0.193. The van der Waals surface area contributed by atoms with Crippen LogP contribution in [0.1, 0.15) is 61.8 Å². The molecule has 0 radical (unpaired) electrons. The molecule has 0 aliphatic carbocycles. The van der Waals surface area contributed by atoms with Gasteiger partial charge in [0.1, 0.15) is 6.04 Å². The molecule has 0 bridgehead atoms. The predicted octanol–water partition coefficient (Wildman–Crippen LogP) is 6.03. The molecule has 3 N–H and O–H groups in total. The van der Waals surface area contributed by atoms with Gasteiger partial charge in [-0.1, -0.05) is 107 Å². The van der Waals surface area contributed by atoms with Crippen molar-refractivity contribution >= 4 is 17.6 Å². The Kier molecular flexibility index (Phi) is 9.47. The standard InChI is InChI=1S/C30H37N3O2/c1-21(2)25-16-11-17-26(22(3)4)28(25)33-30(35)32-27(20-24-14-9-6-10-15-24)29(34)31-19-18-23-12-7-5-8-13-23/h5-17,21-22,27H,18-20H2,1-4H3,(H,31,34)(H2,32,33,35). The van der Waals surface area contributed by atoms with Gasteiger partial charge < -0.3 is 16.0 Å². The number of amides is 3. The number of carbonyl (C=O) groups is 2. The lowest BCUT2D eigenvalue weighted by molar-refractivity contribution is -0.122. The molecule has 1 atom stereocenters. The normalized spacial score (nSPS) is 11.8. The Morgan fingerprint density at radius 3 is 1.80 bits per heavy atom. The van der Waals surface area contributed by atoms with Crippen molar-refractivity contribution in [2.45, 2.75) is 58.4 Å². The van der Waals surface area contributed by atoms with E-state index in [2.05, 4.69) is 43.6 Å². The molecular weight excluding hydrogens is 434 g/mol. The van der Waals surface area contributed by atoms with Gasteiger partial charge in [0.15, 0.2) is 0 Å². The number of urea groups is 1. The third kappa shape index (κ3) is 7.71. The van der Waals surface area contributed by atoms with Gasteiger partial charge in [0, 0.05) is 18.7 Å². The predicted molar refractivity (Wildman–Crippen MR) is 144 cm³/mol. The number of para-hydroxylation sites is 1. The van der Waals surface area contributed by atoms with Crippen molar-refractivity contribution in [2.24, 2.45) is 0 Å². The average molecular weight is 472 g/mol. The maximum atomic E-state index is 13.2. The smallest absolute Gasteiger partial charge is 0.319 e. The Bertz CT molecular complexity index is 1070. The van der Waals surface area contributed by atoms with Crippen molar-refractivity contribution < 1.29 is 9.59 Å². The SMILES string of the molecule is CC(C)c1cccc(C(C)C)c1NC(=O)NC(Cc1ccccc1)C(=O)NCCc1ccccc1. The van der Waals surface area contributed by atoms with Gasteiger partial charge in [0.05, 0.1) is 0 Å². The number of hydrogen-bond acceptors (Lipinski definition) is 2. The highest BCUT2D eigenvalue weighted by Crippen LogP contribution is 2.32. The third-order valence-corrected chi connectivity index (χ3v) is 6.07. The Morgan fingerprint density at radius 2 is 1.26 bits per heavy atom. The quantitative estimate of drug-likeness (QED) is 0.338. The number of anilines is 1. The van der Waals surface area contributed by atoms with Crippen molar-refractivity contribution in [3.05, 3.63) is 101 Å². The van der Waals surface area contributed by atoms with E-state index in [1.165, 1.54) is 0 Å². The topological polar surface area (TPSA) is 70.2 Å². The summed E-state index contributed by atoms with van der Waals surface area (Å²) >= 11 is 0. The average Bonchev–Trinajstić information content (AvgIpc) is 2.84. The van der Waals surface area contributed by atoms with Crippen LogP contribution in [0.15, 0.2) is 78.9 Å². The van der Waals surface area contributed by atoms with E-state index in [1.807, 2.05) is 78.9 Å². The first-order valence-electron chi connectivity index (χ1n) is 12.4. The van der Waals surface area contributed by atoms with Crippen LogP contribution < -0.4 is 16.0 Å². The highest BCUT2D eigenvalue weighted by molar-refractivity contribution is 5.95. The Hall–Kier alpha value is -3.60. The van der Waals surface area contributed by atoms with Crippen LogP contribution in [0.5, 0.6) is 0 Å². The number of rotatable bonds is 10. The molecule has 0 saturated heterocycles. The summed E-state index contributed by atoms with van der Waals surface area (Å²) in [5.41, 5.74) is 5.14. The third-order valence-electron chi connectivity index (χ3n) is 6.07. The monoisotopic (exact) mass is 471 g/mol. The molecule has 3 aromatic carbocycles. The van der Waals surface area contributed by atoms with Crippen LogP contribution >= 0.6 is 0 Å². The van der Waals surface area contributed by atoms with Crippen LogP contribution in [0, 0.1) is 0 Å². The number of benzene rings is 3. The van der Waals surface area contributed by atoms with E-state index in [-0.39, 0.29) is 23.8 Å². The minimum Gasteiger partial charge on any atom is -0.354 e. The van der Waals surface area contributed by atoms with Crippen molar-refractivity contribution in [3.8, 4) is 0 Å². The van der Waals surface area contributed by atoms with Crippen LogP contribution in [0.2, 0.25) is 0 Å². The molecule has 35 heavy (non-hydrogen) atoms. The summed E-state index contributed by atoms with van der Waals surface area (Å²) in [5.74, 6) is 0.317. The summed E-state index contributed by atoms with van der Waals surface area (Å²) in [6, 6.07) is 24.8. The lowest BCUT2D eigenvalue weighted by Crippen LogP contribution is -2.49. The molecule has 0 aliphatic heterocycles. The highest BCUT2D eigenvalue weighted by atomic mass is 16.2. The van der Waals surface area contributed by atoms with Gasteiger partial charge in [-0.25, -0.2) is 4.79 Å². The lowest BCUT2D eigenvalue weighted by Gasteiger charge is -2.23. The van der Waals surface area contributed by atoms with Gasteiger partial charge in [0.25, 0.3) is 0 Å². The van der Waals surface area contributed by atoms with Crippen LogP contribution in [0.4, 0.5) is 10.5 Å². The molecule has 5 nitrogen and oxygen atoms in total. The Labute approximate surface area is 209 Å². The molecule has 5 heteroatoms. The first kappa shape index (κ1) is 26.0. The Morgan fingerprint density at radius 1 is 0.714 bits per heavy atom. The first-order valence-corrected chi connectivity index (χ1v) is 12.4. The van der Waals surface area contributed by atoms with Gasteiger partial charge >= 0.3 is 6.03 Å². The summed E-state index contributed by atoms with van der Waals surface area (Å²) < 4.78 is 0. The van der Waals surface area contributed by atoms with Gasteiger partial charge in [-0.05, 0) is 40.5 Å². The summed E-state index contributed by atoms with van der Waals surface area (Å²) in [4.78, 5) is 26.3. The summed E-state index contributed by atoms with van der Waals surface area (Å²) in [6.45, 7) is 8.95. The van der Waals surface area contributed by atoms with Crippen molar-refractivity contribution in [2.75, 3.05) is 11.9 Å². The second-order valence-corrected chi connectivity index (χ2v) is 9.49. The zero-order valence-corrected chi connectivity index (χ0v) is 21.2. The first-order chi connectivity index (χ1) is 16.8. The molecule has 0 spiro atoms. The van der Waals surface area contributed by atoms with Gasteiger partial charge in [-0.3, -0.25) is 4.79 Å². The summed E-state index contributed by atoms with van der Waals surface area (Å²) in [7, 11) is 0. The van der Waals surface area contributed by atoms with E-state index in [9.17, 15) is 9.59 Å². The van der Waals surface area contributed by atoms with E-state index >= 15 is 0 Å². The molecule has 184 valence electrons. The molecule has 0 heterocycles. The van der Waals surface area contributed by atoms with Crippen molar-refractivity contribution in [3.63, 3.8) is 0 Å². The molecule has 3 amide bonds. The van der Waals surface area contributed by atoms with E-state index in [4.69, 9.17) is 0 Å². The fourth-order valence-corrected chi connectivity index (χ4v) is 4.16. The summed E-state index contributed by atoms with van der Waals surface area (Å²) in [5, 5.41) is 9.00. The number of nitrogens with one attached hydrogen (secondary N) is 3. The fraction of sp³-hybridized carbons (Fsp3) is 0.333. The van der Waals surface area contributed by atoms with E-state index in [0.717, 1.165) is 34.4 Å². The summed E-state index contributed by atoms with van der Waals surface area (Å²) in [6.07, 6.45) is 1.14. The molecule has 0 saturated carbocycles. The molecule has 3 aromatic rings. The van der Waals surface area contributed by atoms with Gasteiger partial charge in [0.2, 0.25) is 5.91 Å². The van der Waals surface area contributed by atoms with Gasteiger partial charge in [-0.15, -0.1) is 0 Å². The largest absolute Gasteiger partial charge is 0.354 e. The molecule has 0 aromatic heterocycles. The second-order valence-electron chi connectivity index (χ2n) is 9.49. The van der Waals surface area contributed by atoms with E-state index in [0.29, 0.717) is 13.0 Å². The van der Waals surface area contributed by atoms with Gasteiger partial charge in [-0.2, -0.15) is 0 Å². The molecule has 0 fully saturated rings. The van der Waals surface area contributed by atoms with Crippen LogP contribution in [0.25, 0.3) is 0 Å². The van der Waals surface area contributed by atoms with Crippen molar-refractivity contribution in [1.82, 2.24) is 10.6 Å². The second kappa shape index (κ2) is 12.7. The van der Waals surface area contributed by atoms with Crippen LogP contribution in [-0.2, 0) is 17.6 Å². The highest BCUT2D eigenvalue weighted by Gasteiger charge is 2.23. The maximum absolute atomic E-state index is 13.2. The molecular formula is C30H37N3O2. The van der Waals surface area contributed by atoms with E-state index < -0.39 is 6.04 Å². The molecule has 3 rings (SSSR count). The maximum Gasteiger partial charge on any atom is 0.319 e. The molecule has 1 unspecified atom stereocenters. The minimum atomic E-state index is -0.693. The van der Waals surface area contributed by atoms with E-state index in [1.54, 1.807) is 0 Å². The fourth-order valence-electron chi connectivity index (χ4n) is 4.16. The number of hydrogen-bond donors (Lipinski definition) is 3.